The van der Waals surface area contributed by atoms with Crippen molar-refractivity contribution in [1.82, 2.24) is 4.90 Å². The van der Waals surface area contributed by atoms with Gasteiger partial charge < -0.3 is 10.2 Å². The Hall–Kier alpha value is -2.26. The van der Waals surface area contributed by atoms with Gasteiger partial charge in [-0.2, -0.15) is 0 Å². The van der Waals surface area contributed by atoms with E-state index in [2.05, 4.69) is 29.6 Å². The van der Waals surface area contributed by atoms with Crippen LogP contribution in [0, 0.1) is 5.92 Å². The second-order valence-electron chi connectivity index (χ2n) is 7.77. The van der Waals surface area contributed by atoms with Crippen molar-refractivity contribution < 1.29 is 4.79 Å². The highest BCUT2D eigenvalue weighted by atomic mass is 35.5. The van der Waals surface area contributed by atoms with Crippen LogP contribution in [0.5, 0.6) is 0 Å². The molecule has 4 heteroatoms. The summed E-state index contributed by atoms with van der Waals surface area (Å²) in [6.45, 7) is 1.73. The largest absolute Gasteiger partial charge is 0.377 e. The highest BCUT2D eigenvalue weighted by Gasteiger charge is 2.40. The number of nitrogens with zero attached hydrogens (tertiary/aromatic N) is 1. The van der Waals surface area contributed by atoms with Crippen LogP contribution in [0.1, 0.15) is 52.7 Å². The molecule has 3 nitrogen and oxygen atoms in total. The summed E-state index contributed by atoms with van der Waals surface area (Å²) in [5.74, 6) is 0.901. The number of halogens is 1. The normalized spacial score (nSPS) is 25.8. The number of hydrogen-bond donors (Lipinski definition) is 1. The number of benzene rings is 2. The number of amides is 1. The van der Waals surface area contributed by atoms with Gasteiger partial charge in [0.1, 0.15) is 0 Å². The molecule has 1 N–H and O–H groups in total. The molecular formula is C23H23ClN2O. The van der Waals surface area contributed by atoms with Gasteiger partial charge in [-0.3, -0.25) is 4.79 Å². The van der Waals surface area contributed by atoms with Gasteiger partial charge in [-0.1, -0.05) is 54.1 Å². The second-order valence-corrected chi connectivity index (χ2v) is 8.17. The summed E-state index contributed by atoms with van der Waals surface area (Å²) in [7, 11) is 0. The first kappa shape index (κ1) is 16.9. The van der Waals surface area contributed by atoms with E-state index in [0.717, 1.165) is 54.2 Å². The minimum absolute atomic E-state index is 0.110. The number of nitrogens with one attached hydrogen (secondary N) is 1. The molecule has 2 aromatic rings. The van der Waals surface area contributed by atoms with Crippen molar-refractivity contribution in [3.05, 3.63) is 76.3 Å². The number of rotatable bonds is 2. The Bertz CT molecular complexity index is 916. The van der Waals surface area contributed by atoms with Crippen LogP contribution < -0.4 is 5.32 Å². The summed E-state index contributed by atoms with van der Waals surface area (Å²) < 4.78 is 0. The number of fused-ring (bicyclic) bond motifs is 3. The monoisotopic (exact) mass is 378 g/mol. The van der Waals surface area contributed by atoms with Crippen molar-refractivity contribution in [3.63, 3.8) is 0 Å². The maximum absolute atomic E-state index is 13.2. The van der Waals surface area contributed by atoms with Gasteiger partial charge in [0.05, 0.1) is 17.3 Å². The van der Waals surface area contributed by atoms with Gasteiger partial charge in [0.2, 0.25) is 0 Å². The zero-order valence-electron chi connectivity index (χ0n) is 15.2. The van der Waals surface area contributed by atoms with E-state index >= 15 is 0 Å². The lowest BCUT2D eigenvalue weighted by Crippen LogP contribution is -2.33. The molecule has 0 spiro atoms. The standard InChI is InChI=1S/C23H23ClN2O/c24-20-12-2-1-7-18(20)21-16-9-5-8-15(16)17-10-6-11-19(22(17)25-21)23(27)26-13-3-4-14-26/h1-2,5-8,10-12,15-16,21,25H,3-4,9,13-14H2. The number of likely N-dealkylation sites (tertiary alicyclic amines) is 1. The van der Waals surface area contributed by atoms with Crippen molar-refractivity contribution in [2.24, 2.45) is 5.92 Å². The molecule has 0 radical (unpaired) electrons. The Balaban J connectivity index is 1.60. The lowest BCUT2D eigenvalue weighted by atomic mass is 9.76. The minimum Gasteiger partial charge on any atom is -0.377 e. The van der Waals surface area contributed by atoms with E-state index in [9.17, 15) is 4.79 Å². The minimum atomic E-state index is 0.110. The van der Waals surface area contributed by atoms with Gasteiger partial charge in [-0.15, -0.1) is 0 Å². The van der Waals surface area contributed by atoms with Crippen molar-refractivity contribution in [2.45, 2.75) is 31.2 Å². The molecule has 0 aromatic heterocycles. The Labute approximate surface area is 165 Å². The highest BCUT2D eigenvalue weighted by molar-refractivity contribution is 6.31. The molecule has 3 aliphatic rings. The van der Waals surface area contributed by atoms with Crippen LogP contribution in [0.4, 0.5) is 5.69 Å². The quantitative estimate of drug-likeness (QED) is 0.709. The predicted molar refractivity (Wildman–Crippen MR) is 109 cm³/mol. The summed E-state index contributed by atoms with van der Waals surface area (Å²) in [4.78, 5) is 15.1. The van der Waals surface area contributed by atoms with Crippen LogP contribution in [0.3, 0.4) is 0 Å². The first-order valence-corrected chi connectivity index (χ1v) is 10.2. The fraction of sp³-hybridized carbons (Fsp3) is 0.348. The van der Waals surface area contributed by atoms with Crippen LogP contribution in [0.2, 0.25) is 5.02 Å². The summed E-state index contributed by atoms with van der Waals surface area (Å²) in [6.07, 6.45) is 7.80. The number of anilines is 1. The molecule has 1 aliphatic carbocycles. The van der Waals surface area contributed by atoms with Gasteiger partial charge in [-0.05, 0) is 48.4 Å². The number of para-hydroxylation sites is 1. The fourth-order valence-electron chi connectivity index (χ4n) is 4.93. The van der Waals surface area contributed by atoms with Crippen LogP contribution in [0.25, 0.3) is 0 Å². The lowest BCUT2D eigenvalue weighted by Gasteiger charge is -2.39. The molecule has 0 bridgehead atoms. The van der Waals surface area contributed by atoms with E-state index in [4.69, 9.17) is 11.6 Å². The van der Waals surface area contributed by atoms with Gasteiger partial charge in [0, 0.05) is 24.0 Å². The van der Waals surface area contributed by atoms with Gasteiger partial charge in [0.15, 0.2) is 0 Å². The average molecular weight is 379 g/mol. The first-order chi connectivity index (χ1) is 13.2. The van der Waals surface area contributed by atoms with Crippen molar-refractivity contribution in [2.75, 3.05) is 18.4 Å². The van der Waals surface area contributed by atoms with E-state index in [1.165, 1.54) is 5.56 Å². The number of allylic oxidation sites excluding steroid dienone is 2. The summed E-state index contributed by atoms with van der Waals surface area (Å²) in [5, 5.41) is 4.51. The molecule has 138 valence electrons. The van der Waals surface area contributed by atoms with Crippen LogP contribution in [-0.4, -0.2) is 23.9 Å². The molecule has 2 aliphatic heterocycles. The van der Waals surface area contributed by atoms with E-state index < -0.39 is 0 Å². The van der Waals surface area contributed by atoms with Gasteiger partial charge in [-0.25, -0.2) is 0 Å². The van der Waals surface area contributed by atoms with Gasteiger partial charge in [0.25, 0.3) is 5.91 Å². The van der Waals surface area contributed by atoms with Crippen LogP contribution in [-0.2, 0) is 0 Å². The molecular weight excluding hydrogens is 356 g/mol. The average Bonchev–Trinajstić information content (AvgIpc) is 3.39. The molecule has 27 heavy (non-hydrogen) atoms. The van der Waals surface area contributed by atoms with Crippen molar-refractivity contribution in [3.8, 4) is 0 Å². The molecule has 2 aromatic carbocycles. The molecule has 1 saturated heterocycles. The maximum Gasteiger partial charge on any atom is 0.255 e. The Morgan fingerprint density at radius 1 is 1.04 bits per heavy atom. The second kappa shape index (κ2) is 6.72. The summed E-state index contributed by atoms with van der Waals surface area (Å²) in [6, 6.07) is 14.3. The maximum atomic E-state index is 13.2. The Morgan fingerprint density at radius 3 is 2.63 bits per heavy atom. The fourth-order valence-corrected chi connectivity index (χ4v) is 5.18. The first-order valence-electron chi connectivity index (χ1n) is 9.84. The van der Waals surface area contributed by atoms with Crippen LogP contribution >= 0.6 is 11.6 Å². The highest BCUT2D eigenvalue weighted by Crippen LogP contribution is 2.51. The van der Waals surface area contributed by atoms with Crippen LogP contribution in [0.15, 0.2) is 54.6 Å². The number of carbonyl (C=O) groups is 1. The van der Waals surface area contributed by atoms with E-state index in [-0.39, 0.29) is 11.9 Å². The Morgan fingerprint density at radius 2 is 1.81 bits per heavy atom. The molecule has 3 atom stereocenters. The van der Waals surface area contributed by atoms with E-state index in [1.807, 2.05) is 35.2 Å². The van der Waals surface area contributed by atoms with Crippen molar-refractivity contribution >= 4 is 23.2 Å². The summed E-state index contributed by atoms with van der Waals surface area (Å²) >= 11 is 6.55. The summed E-state index contributed by atoms with van der Waals surface area (Å²) in [5.41, 5.74) is 4.14. The van der Waals surface area contributed by atoms with Gasteiger partial charge >= 0.3 is 0 Å². The molecule has 5 rings (SSSR count). The lowest BCUT2D eigenvalue weighted by molar-refractivity contribution is 0.0793. The van der Waals surface area contributed by atoms with Crippen molar-refractivity contribution in [1.29, 1.82) is 0 Å². The molecule has 1 amide bonds. The SMILES string of the molecule is O=C(c1cccc2c1NC(c1ccccc1Cl)C1CC=CC21)N1CCCC1. The molecule has 3 unspecified atom stereocenters. The molecule has 2 heterocycles. The zero-order valence-corrected chi connectivity index (χ0v) is 16.0. The molecule has 0 saturated carbocycles. The predicted octanol–water partition coefficient (Wildman–Crippen LogP) is 5.40. The molecule has 1 fully saturated rings. The zero-order chi connectivity index (χ0) is 18.4. The third-order valence-corrected chi connectivity index (χ3v) is 6.60. The number of hydrogen-bond acceptors (Lipinski definition) is 2. The smallest absolute Gasteiger partial charge is 0.255 e. The third-order valence-electron chi connectivity index (χ3n) is 6.26. The number of carbonyl (C=O) groups excluding carboxylic acids is 1. The topological polar surface area (TPSA) is 32.3 Å². The van der Waals surface area contributed by atoms with E-state index in [0.29, 0.717) is 11.8 Å². The Kier molecular flexibility index (Phi) is 4.20. The third kappa shape index (κ3) is 2.76. The van der Waals surface area contributed by atoms with E-state index in [1.54, 1.807) is 0 Å².